The summed E-state index contributed by atoms with van der Waals surface area (Å²) in [5.41, 5.74) is 7.21. The van der Waals surface area contributed by atoms with E-state index in [2.05, 4.69) is 0 Å². The number of aryl methyl sites for hydroxylation is 1. The minimum absolute atomic E-state index is 0. The van der Waals surface area contributed by atoms with Gasteiger partial charge in [0.05, 0.1) is 117 Å². The van der Waals surface area contributed by atoms with Crippen LogP contribution in [0, 0.1) is 84.0 Å². The number of fused-ring (bicyclic) bond motifs is 20. The van der Waals surface area contributed by atoms with Crippen LogP contribution in [0.15, 0.2) is 157 Å². The van der Waals surface area contributed by atoms with Gasteiger partial charge in [0.25, 0.3) is 5.69 Å². The molecule has 2 aliphatic heterocycles. The zero-order valence-electron chi connectivity index (χ0n) is 68.3. The van der Waals surface area contributed by atoms with Gasteiger partial charge in [0.2, 0.25) is 0 Å². The Kier molecular flexibility index (Phi) is 54.5. The van der Waals surface area contributed by atoms with Gasteiger partial charge < -0.3 is 57.2 Å². The molecule has 3 aromatic heterocycles. The van der Waals surface area contributed by atoms with E-state index in [0.717, 1.165) is 50.2 Å². The van der Waals surface area contributed by atoms with Gasteiger partial charge in [-0.3, -0.25) is 10.1 Å². The van der Waals surface area contributed by atoms with Gasteiger partial charge >= 0.3 is 194 Å². The molecule has 10 aromatic rings. The Morgan fingerprint density at radius 3 is 1.02 bits per heavy atom. The average Bonchev–Trinajstić information content (AvgIpc) is 1.60. The molecule has 0 aliphatic carbocycles. The molecule has 0 saturated carbocycles. The fourth-order valence-electron chi connectivity index (χ4n) is 11.4. The van der Waals surface area contributed by atoms with Crippen LogP contribution in [0.4, 0.5) is 5.69 Å². The SMILES string of the molecule is CCCCS(=O)(=O)[O-].N#Cc1cccc(CCCCS(=O)(=O)[O-])c1C#N.N#Cc1cccc(SCCCS(=O)(=O)[O-])c1C#N.N#Cc1cccc([N+](=O)[O-])c1C#N.O=S(=O)([O-])CCCC(CCCS(=O)(=O)[O-])CCS(=O)(=O)[O-].[Cu+2].[Na+].[Na+].[Na+].[Na+].[Na+].[Na+].c1ccc2c(c1)-c1nc-2nc2[n-]c(nc3nc(nc4[n-]c(n1)c1ccccc41)-c1ccccc1-3)c1ccccc21. The Morgan fingerprint density at radius 2 is 0.688 bits per heavy atom. The number of nitriles is 6. The summed E-state index contributed by atoms with van der Waals surface area (Å²) < 4.78 is 186. The molecule has 2 aliphatic rings. The third kappa shape index (κ3) is 39.7. The fraction of sp³-hybridized carbons (Fsp3) is 0.263. The second-order valence-corrected chi connectivity index (χ2v) is 35.6. The van der Waals surface area contributed by atoms with E-state index < -0.39 is 100 Å². The van der Waals surface area contributed by atoms with Gasteiger partial charge in [-0.05, 0) is 127 Å². The molecule has 35 nitrogen and oxygen atoms in total. The molecule has 0 N–H and O–H groups in total. The van der Waals surface area contributed by atoms with Crippen LogP contribution >= 0.6 is 11.8 Å². The number of hydrogen-bond donors (Lipinski definition) is 0. The van der Waals surface area contributed by atoms with E-state index in [4.69, 9.17) is 71.4 Å². The molecular weight excluding hydrogens is 1870 g/mol. The zero-order chi connectivity index (χ0) is 86.6. The van der Waals surface area contributed by atoms with E-state index in [1.54, 1.807) is 48.5 Å². The first-order chi connectivity index (χ1) is 55.8. The smallest absolute Gasteiger partial charge is 0.748 e. The predicted molar refractivity (Wildman–Crippen MR) is 425 cm³/mol. The van der Waals surface area contributed by atoms with E-state index in [-0.39, 0.29) is 267 Å². The Bertz CT molecular complexity index is 6150. The molecular formula is C76H65CuN15Na6O20S7. The summed E-state index contributed by atoms with van der Waals surface area (Å²) in [5, 5.41) is 66.6. The van der Waals surface area contributed by atoms with Gasteiger partial charge in [-0.25, -0.2) is 60.5 Å². The Labute approximate surface area is 870 Å². The number of thioether (sulfide) groups is 1. The van der Waals surface area contributed by atoms with Crippen molar-refractivity contribution in [1.82, 2.24) is 39.9 Å². The van der Waals surface area contributed by atoms with Crippen LogP contribution in [0.3, 0.4) is 0 Å². The van der Waals surface area contributed by atoms with Crippen molar-refractivity contribution in [3.63, 3.8) is 0 Å². The molecule has 5 heterocycles. The molecule has 0 atom stereocenters. The van der Waals surface area contributed by atoms with Gasteiger partial charge in [-0.2, -0.15) is 31.6 Å². The topological polar surface area (TPSA) is 635 Å². The number of aromatic nitrogens is 8. The van der Waals surface area contributed by atoms with E-state index in [9.17, 15) is 87.9 Å². The summed E-state index contributed by atoms with van der Waals surface area (Å²) in [6.45, 7) is 1.84. The molecule has 8 bridgehead atoms. The van der Waals surface area contributed by atoms with Gasteiger partial charge in [-0.1, -0.05) is 135 Å². The molecule has 12 rings (SSSR count). The fourth-order valence-corrected chi connectivity index (χ4v) is 16.0. The number of nitro benzene ring substituents is 1. The summed E-state index contributed by atoms with van der Waals surface area (Å²) in [5.74, 6) is -0.745. The molecule has 0 unspecified atom stereocenters. The third-order valence-corrected chi connectivity index (χ3v) is 22.7. The number of unbranched alkanes of at least 4 members (excludes halogenated alkanes) is 2. The van der Waals surface area contributed by atoms with Crippen molar-refractivity contribution >= 4 is 122 Å². The van der Waals surface area contributed by atoms with Gasteiger partial charge in [0.15, 0.2) is 0 Å². The predicted octanol–water partition coefficient (Wildman–Crippen LogP) is -8.24. The number of rotatable bonds is 25. The van der Waals surface area contributed by atoms with Crippen LogP contribution < -0.4 is 187 Å². The molecule has 1 radical (unpaired) electrons. The largest absolute Gasteiger partial charge is 2.00 e. The summed E-state index contributed by atoms with van der Waals surface area (Å²) >= 11 is 1.26. The molecule has 0 spiro atoms. The summed E-state index contributed by atoms with van der Waals surface area (Å²) in [6.07, 6.45) is 2.91. The minimum atomic E-state index is -4.44. The van der Waals surface area contributed by atoms with Gasteiger partial charge in [0.1, 0.15) is 42.0 Å². The monoisotopic (exact) mass is 1930 g/mol. The summed E-state index contributed by atoms with van der Waals surface area (Å²) in [7, 11) is -25.5. The normalized spacial score (nSPS) is 10.8. The molecule has 623 valence electrons. The van der Waals surface area contributed by atoms with Crippen molar-refractivity contribution in [2.45, 2.75) is 82.4 Å². The maximum absolute atomic E-state index is 10.6. The first-order valence-electron chi connectivity index (χ1n) is 35.1. The maximum atomic E-state index is 10.6. The van der Waals surface area contributed by atoms with Crippen molar-refractivity contribution < 1.29 is 277 Å². The van der Waals surface area contributed by atoms with Crippen LogP contribution in [0.5, 0.6) is 0 Å². The van der Waals surface area contributed by atoms with Crippen molar-refractivity contribution in [2.75, 3.05) is 40.3 Å². The maximum Gasteiger partial charge on any atom is 2.00 e. The second kappa shape index (κ2) is 57.0. The summed E-state index contributed by atoms with van der Waals surface area (Å²) in [6, 6.07) is 56.7. The van der Waals surface area contributed by atoms with Crippen molar-refractivity contribution in [3.8, 4) is 82.0 Å². The molecule has 125 heavy (non-hydrogen) atoms. The van der Waals surface area contributed by atoms with Crippen LogP contribution in [0.1, 0.15) is 110 Å². The quantitative estimate of drug-likeness (QED) is 0.0128. The Morgan fingerprint density at radius 1 is 0.368 bits per heavy atom. The summed E-state index contributed by atoms with van der Waals surface area (Å²) in [4.78, 5) is 49.6. The van der Waals surface area contributed by atoms with Gasteiger partial charge in [-0.15, -0.1) is 11.8 Å². The van der Waals surface area contributed by atoms with Crippen molar-refractivity contribution in [2.24, 2.45) is 5.92 Å². The minimum Gasteiger partial charge on any atom is -0.748 e. The van der Waals surface area contributed by atoms with Crippen LogP contribution in [0.2, 0.25) is 0 Å². The second-order valence-electron chi connectivity index (χ2n) is 25.3. The molecule has 0 amide bonds. The van der Waals surface area contributed by atoms with Crippen molar-refractivity contribution in [3.05, 3.63) is 201 Å². The Hall–Kier alpha value is -5.43. The first-order valence-corrected chi connectivity index (χ1v) is 45.5. The standard InChI is InChI=1S/C32H16N8.C12H12N2O3S.C11H10N2O3S2.C9H20O9S3.C8H3N3O2.C4H10O3S.Cu.6Na/c1-2-10-18-17(9-1)25-33-26(18)38-28-21-13-5-6-14-22(21)30(35-28)40-32-24-16-8-7-15-23(24)31(36-32)39-29-20-12-4-3-11-19(20)27(34-29)37-25;13-8-11-6-3-5-10(12(11)9-14)4-1-2-7-18(15,16)17;12-7-9-3-1-4-11(10(9)8-13)17-5-2-6-18(14,15)16;10-19(11,12)6-1-3-9(5-8-21(16,17)18)4-2-7-20(13,14)15;9-4-6-2-1-3-8(11(12)13)7(6)5-10;1-2-3-4-8(5,6)7;;;;;;;/h1-16H;3,5-6H,1-2,4,7H2,(H,15,16,17);1,3-4H,2,5-6H2,(H,14,15,16);9H,1-8H2,(H,10,11,12)(H,13,14,15)(H,16,17,18);1-3H;2-4H2,1H3,(H,5,6,7);;;;;;;/q-2;;;;;;+2;6*+1/p-6. The zero-order valence-corrected chi connectivity index (χ0v) is 86.9. The van der Waals surface area contributed by atoms with Crippen molar-refractivity contribution in [1.29, 1.82) is 31.6 Å². The van der Waals surface area contributed by atoms with Crippen LogP contribution in [0.25, 0.3) is 89.7 Å². The van der Waals surface area contributed by atoms with Crippen LogP contribution in [-0.2, 0) is 84.2 Å². The number of nitro groups is 1. The van der Waals surface area contributed by atoms with E-state index in [0.29, 0.717) is 98.1 Å². The van der Waals surface area contributed by atoms with E-state index in [1.165, 1.54) is 30.0 Å². The number of nitrogens with zero attached hydrogens (tertiary/aromatic N) is 15. The van der Waals surface area contributed by atoms with Crippen LogP contribution in [-0.4, -0.2) is 153 Å². The first kappa shape index (κ1) is 120. The molecule has 0 fully saturated rings. The Balaban J connectivity index is 0.00000157. The molecule has 49 heteroatoms. The number of hydrogen-bond acceptors (Lipinski definition) is 33. The van der Waals surface area contributed by atoms with Gasteiger partial charge in [0, 0.05) is 90.3 Å². The third-order valence-electron chi connectivity index (χ3n) is 16.9. The molecule has 7 aromatic carbocycles. The van der Waals surface area contributed by atoms with E-state index in [1.807, 2.05) is 128 Å². The van der Waals surface area contributed by atoms with E-state index >= 15 is 0 Å². The number of benzene rings is 7. The molecule has 0 saturated heterocycles. The average molecular weight is 1930 g/mol.